The number of likely N-dealkylation sites (N-methyl/N-ethyl adjacent to an activating group) is 1. The van der Waals surface area contributed by atoms with Gasteiger partial charge in [-0.05, 0) is 68.6 Å². The topological polar surface area (TPSA) is 120 Å². The molecule has 0 spiro atoms. The van der Waals surface area contributed by atoms with Gasteiger partial charge >= 0.3 is 6.03 Å². The highest BCUT2D eigenvalue weighted by molar-refractivity contribution is 7.22. The van der Waals surface area contributed by atoms with E-state index in [1.54, 1.807) is 30.3 Å². The molecule has 0 radical (unpaired) electrons. The number of hydrogen-bond acceptors (Lipinski definition) is 8. The number of carbonyl (C=O) groups is 2. The number of nitrogens with one attached hydrogen (secondary N) is 2. The van der Waals surface area contributed by atoms with Crippen molar-refractivity contribution in [3.05, 3.63) is 66.2 Å². The van der Waals surface area contributed by atoms with E-state index < -0.39 is 5.82 Å². The van der Waals surface area contributed by atoms with Crippen molar-refractivity contribution in [2.24, 2.45) is 5.92 Å². The molecule has 44 heavy (non-hydrogen) atoms. The molecule has 10 nitrogen and oxygen atoms in total. The van der Waals surface area contributed by atoms with Crippen LogP contribution in [-0.2, 0) is 11.3 Å². The highest BCUT2D eigenvalue weighted by atomic mass is 32.1. The quantitative estimate of drug-likeness (QED) is 0.223. The van der Waals surface area contributed by atoms with Gasteiger partial charge in [0.25, 0.3) is 0 Å². The molecule has 0 bridgehead atoms. The van der Waals surface area contributed by atoms with Gasteiger partial charge in [0.05, 0.1) is 27.4 Å². The molecule has 12 heteroatoms. The molecule has 3 aromatic heterocycles. The number of ether oxygens (including phenoxy) is 1. The van der Waals surface area contributed by atoms with E-state index in [9.17, 15) is 14.0 Å². The van der Waals surface area contributed by atoms with Crippen LogP contribution in [0.15, 0.2) is 54.9 Å². The third-order valence-electron chi connectivity index (χ3n) is 7.93. The van der Waals surface area contributed by atoms with Crippen molar-refractivity contribution in [2.45, 2.75) is 38.3 Å². The summed E-state index contributed by atoms with van der Waals surface area (Å²) in [5.74, 6) is 0.0721. The normalized spacial score (nSPS) is 15.7. The highest BCUT2D eigenvalue weighted by Gasteiger charge is 2.27. The fraction of sp³-hybridized carbons (Fsp3) is 0.375. The van der Waals surface area contributed by atoms with Gasteiger partial charge in [-0.3, -0.25) is 19.7 Å². The zero-order chi connectivity index (χ0) is 30.6. The van der Waals surface area contributed by atoms with Gasteiger partial charge < -0.3 is 25.4 Å². The van der Waals surface area contributed by atoms with Crippen molar-refractivity contribution in [3.63, 3.8) is 0 Å². The minimum absolute atomic E-state index is 0.0106. The van der Waals surface area contributed by atoms with E-state index in [0.29, 0.717) is 18.0 Å². The van der Waals surface area contributed by atoms with Gasteiger partial charge in [0.15, 0.2) is 11.6 Å². The smallest absolute Gasteiger partial charge is 0.319 e. The van der Waals surface area contributed by atoms with Crippen molar-refractivity contribution in [1.29, 1.82) is 0 Å². The van der Waals surface area contributed by atoms with Crippen LogP contribution in [0.4, 0.5) is 14.9 Å². The summed E-state index contributed by atoms with van der Waals surface area (Å²) >= 11 is 1.48. The van der Waals surface area contributed by atoms with E-state index in [1.165, 1.54) is 23.5 Å². The van der Waals surface area contributed by atoms with Crippen molar-refractivity contribution >= 4 is 39.2 Å². The lowest BCUT2D eigenvalue weighted by Gasteiger charge is -2.33. The molecule has 3 N–H and O–H groups in total. The van der Waals surface area contributed by atoms with E-state index in [-0.39, 0.29) is 36.3 Å². The number of pyridine rings is 2. The summed E-state index contributed by atoms with van der Waals surface area (Å²) in [5, 5.41) is 14.6. The first-order valence-corrected chi connectivity index (χ1v) is 15.6. The van der Waals surface area contributed by atoms with Gasteiger partial charge in [-0.2, -0.15) is 0 Å². The Bertz CT molecular complexity index is 1640. The second-order valence-corrected chi connectivity index (χ2v) is 12.4. The average molecular weight is 619 g/mol. The number of rotatable bonds is 10. The van der Waals surface area contributed by atoms with Gasteiger partial charge in [-0.1, -0.05) is 6.07 Å². The third-order valence-corrected chi connectivity index (χ3v) is 9.09. The molecular formula is C32H35FN6O4S. The van der Waals surface area contributed by atoms with E-state index >= 15 is 0 Å². The van der Waals surface area contributed by atoms with Crippen molar-refractivity contribution in [1.82, 2.24) is 25.1 Å². The second kappa shape index (κ2) is 13.2. The van der Waals surface area contributed by atoms with Gasteiger partial charge in [-0.25, -0.2) is 9.18 Å². The van der Waals surface area contributed by atoms with Crippen LogP contribution in [0.1, 0.15) is 31.2 Å². The number of nitrogens with zero attached hydrogens (tertiary/aromatic N) is 4. The van der Waals surface area contributed by atoms with Gasteiger partial charge in [-0.15, -0.1) is 11.3 Å². The molecular weight excluding hydrogens is 583 g/mol. The van der Waals surface area contributed by atoms with Crippen molar-refractivity contribution < 1.29 is 23.8 Å². The summed E-state index contributed by atoms with van der Waals surface area (Å²) in [7, 11) is 1.75. The molecule has 1 aliphatic carbocycles. The standard InChI is InChI=1S/C32H35FN6O4S/c1-38(14-15-40)31(41)21-9-12-39(13-10-21)19-20-2-6-25(35-18-20)29-17-26-30(44-29)28(8-11-34-26)43-27-7-5-23(16-24(27)33)37-32(42)36-22-3-4-22/h2,5-8,11,16-18,21-22,40H,3-4,9-10,12-15,19H2,1H3,(H2,36,37,42). The number of aliphatic hydroxyl groups excluding tert-OH is 1. The Morgan fingerprint density at radius 2 is 1.91 bits per heavy atom. The summed E-state index contributed by atoms with van der Waals surface area (Å²) in [4.78, 5) is 38.6. The molecule has 1 aliphatic heterocycles. The Morgan fingerprint density at radius 1 is 1.09 bits per heavy atom. The van der Waals surface area contributed by atoms with Crippen LogP contribution in [-0.4, -0.2) is 76.1 Å². The molecule has 230 valence electrons. The van der Waals surface area contributed by atoms with Crippen LogP contribution in [0.2, 0.25) is 0 Å². The molecule has 1 saturated carbocycles. The number of fused-ring (bicyclic) bond motifs is 1. The molecule has 4 heterocycles. The third kappa shape index (κ3) is 7.15. The van der Waals surface area contributed by atoms with Crippen LogP contribution in [0.25, 0.3) is 20.8 Å². The number of aromatic nitrogens is 2. The molecule has 2 fully saturated rings. The lowest BCUT2D eigenvalue weighted by atomic mass is 9.95. The first-order chi connectivity index (χ1) is 21.4. The summed E-state index contributed by atoms with van der Waals surface area (Å²) in [6.07, 6.45) is 7.06. The van der Waals surface area contributed by atoms with Gasteiger partial charge in [0, 0.05) is 62.3 Å². The van der Waals surface area contributed by atoms with Crippen molar-refractivity contribution in [2.75, 3.05) is 38.6 Å². The summed E-state index contributed by atoms with van der Waals surface area (Å²) in [6.45, 7) is 2.79. The average Bonchev–Trinajstić information content (AvgIpc) is 3.72. The molecule has 3 amide bonds. The van der Waals surface area contributed by atoms with Crippen LogP contribution in [0, 0.1) is 11.7 Å². The first kappa shape index (κ1) is 29.9. The van der Waals surface area contributed by atoms with E-state index in [4.69, 9.17) is 14.8 Å². The van der Waals surface area contributed by atoms with Crippen LogP contribution < -0.4 is 15.4 Å². The molecule has 4 aromatic rings. The number of carbonyl (C=O) groups excluding carboxylic acids is 2. The Balaban J connectivity index is 1.08. The molecule has 1 saturated heterocycles. The fourth-order valence-electron chi connectivity index (χ4n) is 5.31. The molecule has 0 atom stereocenters. The number of thiophene rings is 1. The minimum Gasteiger partial charge on any atom is -0.453 e. The van der Waals surface area contributed by atoms with Crippen molar-refractivity contribution in [3.8, 4) is 22.1 Å². The Hall–Kier alpha value is -4.13. The molecule has 2 aliphatic rings. The maximum atomic E-state index is 14.9. The predicted octanol–water partition coefficient (Wildman–Crippen LogP) is 5.24. The highest BCUT2D eigenvalue weighted by Crippen LogP contribution is 2.39. The zero-order valence-corrected chi connectivity index (χ0v) is 25.3. The maximum absolute atomic E-state index is 14.9. The number of hydrogen-bond donors (Lipinski definition) is 3. The largest absolute Gasteiger partial charge is 0.453 e. The Morgan fingerprint density at radius 3 is 2.61 bits per heavy atom. The summed E-state index contributed by atoms with van der Waals surface area (Å²) < 4.78 is 21.6. The zero-order valence-electron chi connectivity index (χ0n) is 24.5. The lowest BCUT2D eigenvalue weighted by molar-refractivity contribution is -0.136. The number of piperidine rings is 1. The summed E-state index contributed by atoms with van der Waals surface area (Å²) in [6, 6.07) is 11.9. The van der Waals surface area contributed by atoms with E-state index in [2.05, 4.69) is 26.6 Å². The van der Waals surface area contributed by atoms with E-state index in [0.717, 1.165) is 71.7 Å². The Labute approximate surface area is 258 Å². The summed E-state index contributed by atoms with van der Waals surface area (Å²) in [5.41, 5.74) is 2.98. The lowest BCUT2D eigenvalue weighted by Crippen LogP contribution is -2.41. The number of benzene rings is 1. The predicted molar refractivity (Wildman–Crippen MR) is 167 cm³/mol. The molecule has 1 aromatic carbocycles. The first-order valence-electron chi connectivity index (χ1n) is 14.8. The fourth-order valence-corrected chi connectivity index (χ4v) is 6.36. The SMILES string of the molecule is CN(CCO)C(=O)C1CCN(Cc2ccc(-c3cc4nccc(Oc5ccc(NC(=O)NC6CC6)cc5F)c4s3)nc2)CC1. The number of anilines is 1. The van der Waals surface area contributed by atoms with Gasteiger partial charge in [0.1, 0.15) is 5.75 Å². The molecule has 6 rings (SSSR count). The monoisotopic (exact) mass is 618 g/mol. The minimum atomic E-state index is -0.585. The van der Waals surface area contributed by atoms with Crippen LogP contribution in [0.3, 0.4) is 0 Å². The van der Waals surface area contributed by atoms with Gasteiger partial charge in [0.2, 0.25) is 5.91 Å². The number of halogens is 1. The number of amides is 3. The molecule has 0 unspecified atom stereocenters. The van der Waals surface area contributed by atoms with Crippen LogP contribution in [0.5, 0.6) is 11.5 Å². The van der Waals surface area contributed by atoms with Crippen LogP contribution >= 0.6 is 11.3 Å². The maximum Gasteiger partial charge on any atom is 0.319 e. The second-order valence-electron chi connectivity index (χ2n) is 11.3. The van der Waals surface area contributed by atoms with E-state index in [1.807, 2.05) is 18.3 Å². The number of urea groups is 1. The number of aliphatic hydroxyl groups is 1. The Kier molecular flexibility index (Phi) is 9.01. The number of likely N-dealkylation sites (tertiary alicyclic amines) is 1.